The van der Waals surface area contributed by atoms with Crippen LogP contribution in [-0.2, 0) is 9.53 Å². The number of carbonyl (C=O) groups excluding carboxylic acids is 1. The zero-order chi connectivity index (χ0) is 11.5. The minimum Gasteiger partial charge on any atom is -0.460 e. The van der Waals surface area contributed by atoms with Gasteiger partial charge in [0.25, 0.3) is 0 Å². The van der Waals surface area contributed by atoms with Crippen LogP contribution >= 0.6 is 0 Å². The molecule has 0 saturated heterocycles. The fourth-order valence-corrected chi connectivity index (χ4v) is 1.59. The average molecular weight is 207 g/mol. The molecule has 1 aliphatic rings. The summed E-state index contributed by atoms with van der Waals surface area (Å²) in [6.45, 7) is 5.51. The molecule has 15 heavy (non-hydrogen) atoms. The van der Waals surface area contributed by atoms with Gasteiger partial charge < -0.3 is 4.74 Å². The molecular formula is C12H17NO2. The summed E-state index contributed by atoms with van der Waals surface area (Å²) in [5.41, 5.74) is -0.474. The molecule has 82 valence electrons. The number of hydrogen-bond acceptors (Lipinski definition) is 3. The highest BCUT2D eigenvalue weighted by Gasteiger charge is 2.32. The number of hydrogen-bond donors (Lipinski definition) is 0. The van der Waals surface area contributed by atoms with E-state index >= 15 is 0 Å². The summed E-state index contributed by atoms with van der Waals surface area (Å²) in [7, 11) is 0. The van der Waals surface area contributed by atoms with E-state index in [2.05, 4.69) is 6.07 Å². The fourth-order valence-electron chi connectivity index (χ4n) is 1.59. The largest absolute Gasteiger partial charge is 0.460 e. The third-order valence-electron chi connectivity index (χ3n) is 2.31. The van der Waals surface area contributed by atoms with Crippen molar-refractivity contribution in [2.24, 2.45) is 11.8 Å². The van der Waals surface area contributed by atoms with Crippen molar-refractivity contribution in [3.63, 3.8) is 0 Å². The third-order valence-corrected chi connectivity index (χ3v) is 2.31. The van der Waals surface area contributed by atoms with Crippen molar-refractivity contribution >= 4 is 5.97 Å². The number of allylic oxidation sites excluding steroid dienone is 2. The van der Waals surface area contributed by atoms with E-state index in [1.807, 2.05) is 32.9 Å². The van der Waals surface area contributed by atoms with Crippen molar-refractivity contribution in [1.29, 1.82) is 5.26 Å². The zero-order valence-electron chi connectivity index (χ0n) is 9.49. The third kappa shape index (κ3) is 3.39. The van der Waals surface area contributed by atoms with Crippen LogP contribution in [0.2, 0.25) is 0 Å². The molecule has 1 aliphatic carbocycles. The monoisotopic (exact) mass is 207 g/mol. The standard InChI is InChI=1S/C12H17NO2/c1-12(2,3)15-11(14)10-7-5-4-6-9(10)8-13/h4-5,9-10H,6-7H2,1-3H3. The van der Waals surface area contributed by atoms with Crippen molar-refractivity contribution in [2.75, 3.05) is 0 Å². The lowest BCUT2D eigenvalue weighted by Gasteiger charge is -2.26. The number of rotatable bonds is 1. The van der Waals surface area contributed by atoms with E-state index in [0.717, 1.165) is 0 Å². The normalized spacial score (nSPS) is 25.7. The first-order chi connectivity index (χ1) is 6.94. The molecule has 3 nitrogen and oxygen atoms in total. The lowest BCUT2D eigenvalue weighted by molar-refractivity contribution is -0.161. The van der Waals surface area contributed by atoms with Gasteiger partial charge in [0.1, 0.15) is 5.60 Å². The summed E-state index contributed by atoms with van der Waals surface area (Å²) in [5.74, 6) is -0.775. The van der Waals surface area contributed by atoms with Crippen LogP contribution in [0.3, 0.4) is 0 Å². The SMILES string of the molecule is CC(C)(C)OC(=O)C1CC=CCC1C#N. The maximum atomic E-state index is 11.8. The van der Waals surface area contributed by atoms with Crippen molar-refractivity contribution < 1.29 is 9.53 Å². The Hall–Kier alpha value is -1.30. The van der Waals surface area contributed by atoms with Gasteiger partial charge in [-0.1, -0.05) is 12.2 Å². The number of esters is 1. The molecule has 0 fully saturated rings. The second-order valence-corrected chi connectivity index (χ2v) is 4.82. The number of nitrogens with zero attached hydrogens (tertiary/aromatic N) is 1. The average Bonchev–Trinajstić information content (AvgIpc) is 2.15. The molecule has 0 aromatic rings. The van der Waals surface area contributed by atoms with Gasteiger partial charge in [-0.15, -0.1) is 0 Å². The molecule has 0 spiro atoms. The Morgan fingerprint density at radius 1 is 1.40 bits per heavy atom. The molecule has 0 amide bonds. The summed E-state index contributed by atoms with van der Waals surface area (Å²) in [5, 5.41) is 8.92. The van der Waals surface area contributed by atoms with Gasteiger partial charge in [-0.2, -0.15) is 5.26 Å². The van der Waals surface area contributed by atoms with E-state index in [4.69, 9.17) is 10.00 Å². The van der Waals surface area contributed by atoms with Crippen LogP contribution in [0.15, 0.2) is 12.2 Å². The van der Waals surface area contributed by atoms with Gasteiger partial charge in [-0.3, -0.25) is 4.79 Å². The van der Waals surface area contributed by atoms with E-state index < -0.39 is 5.60 Å². The van der Waals surface area contributed by atoms with Crippen LogP contribution < -0.4 is 0 Å². The summed E-state index contributed by atoms with van der Waals surface area (Å²) >= 11 is 0. The second kappa shape index (κ2) is 4.48. The first-order valence-corrected chi connectivity index (χ1v) is 5.21. The predicted octanol–water partition coefficient (Wildman–Crippen LogP) is 2.43. The molecule has 0 aromatic heterocycles. The summed E-state index contributed by atoms with van der Waals surface area (Å²) < 4.78 is 5.29. The van der Waals surface area contributed by atoms with Gasteiger partial charge in [0.2, 0.25) is 0 Å². The summed E-state index contributed by atoms with van der Waals surface area (Å²) in [4.78, 5) is 11.8. The van der Waals surface area contributed by atoms with Crippen LogP contribution in [0, 0.1) is 23.2 Å². The molecule has 3 heteroatoms. The molecule has 0 bridgehead atoms. The van der Waals surface area contributed by atoms with Gasteiger partial charge in [0.15, 0.2) is 0 Å². The Balaban J connectivity index is 2.67. The Morgan fingerprint density at radius 2 is 2.00 bits per heavy atom. The molecule has 0 N–H and O–H groups in total. The minimum atomic E-state index is -0.474. The summed E-state index contributed by atoms with van der Waals surface area (Å²) in [6.07, 6.45) is 5.17. The van der Waals surface area contributed by atoms with Crippen LogP contribution in [-0.4, -0.2) is 11.6 Å². The Morgan fingerprint density at radius 3 is 2.53 bits per heavy atom. The Bertz CT molecular complexity index is 307. The molecule has 0 saturated carbocycles. The molecule has 0 aliphatic heterocycles. The van der Waals surface area contributed by atoms with Crippen LogP contribution in [0.5, 0.6) is 0 Å². The van der Waals surface area contributed by atoms with E-state index in [1.165, 1.54) is 0 Å². The number of nitriles is 1. The number of ether oxygens (including phenoxy) is 1. The first kappa shape index (κ1) is 11.8. The quantitative estimate of drug-likeness (QED) is 0.490. The van der Waals surface area contributed by atoms with Gasteiger partial charge in [0, 0.05) is 0 Å². The Labute approximate surface area is 90.7 Å². The van der Waals surface area contributed by atoms with Crippen LogP contribution in [0.1, 0.15) is 33.6 Å². The maximum Gasteiger partial charge on any atom is 0.311 e. The van der Waals surface area contributed by atoms with Crippen LogP contribution in [0.25, 0.3) is 0 Å². The van der Waals surface area contributed by atoms with Gasteiger partial charge >= 0.3 is 5.97 Å². The molecule has 2 unspecified atom stereocenters. The van der Waals surface area contributed by atoms with E-state index in [1.54, 1.807) is 0 Å². The molecule has 2 atom stereocenters. The highest BCUT2D eigenvalue weighted by molar-refractivity contribution is 5.74. The molecule has 0 heterocycles. The molecule has 0 radical (unpaired) electrons. The maximum absolute atomic E-state index is 11.8. The molecule has 0 aromatic carbocycles. The number of carbonyl (C=O) groups is 1. The van der Waals surface area contributed by atoms with Crippen molar-refractivity contribution in [2.45, 2.75) is 39.2 Å². The van der Waals surface area contributed by atoms with E-state index in [0.29, 0.717) is 12.8 Å². The molecular weight excluding hydrogens is 190 g/mol. The van der Waals surface area contributed by atoms with E-state index in [9.17, 15) is 4.79 Å². The highest BCUT2D eigenvalue weighted by atomic mass is 16.6. The lowest BCUT2D eigenvalue weighted by atomic mass is 9.84. The minimum absolute atomic E-state index is 0.232. The van der Waals surface area contributed by atoms with Gasteiger partial charge in [-0.25, -0.2) is 0 Å². The van der Waals surface area contributed by atoms with Crippen molar-refractivity contribution in [3.05, 3.63) is 12.2 Å². The fraction of sp³-hybridized carbons (Fsp3) is 0.667. The molecule has 1 rings (SSSR count). The highest BCUT2D eigenvalue weighted by Crippen LogP contribution is 2.27. The predicted molar refractivity (Wildman–Crippen MR) is 56.8 cm³/mol. The smallest absolute Gasteiger partial charge is 0.311 e. The van der Waals surface area contributed by atoms with Gasteiger partial charge in [0.05, 0.1) is 17.9 Å². The van der Waals surface area contributed by atoms with Gasteiger partial charge in [-0.05, 0) is 33.6 Å². The first-order valence-electron chi connectivity index (χ1n) is 5.21. The zero-order valence-corrected chi connectivity index (χ0v) is 9.49. The summed E-state index contributed by atoms with van der Waals surface area (Å²) in [6, 6.07) is 2.17. The lowest BCUT2D eigenvalue weighted by Crippen LogP contribution is -2.32. The Kier molecular flexibility index (Phi) is 3.52. The topological polar surface area (TPSA) is 50.1 Å². The van der Waals surface area contributed by atoms with E-state index in [-0.39, 0.29) is 17.8 Å². The van der Waals surface area contributed by atoms with Crippen molar-refractivity contribution in [1.82, 2.24) is 0 Å². The van der Waals surface area contributed by atoms with Crippen LogP contribution in [0.4, 0.5) is 0 Å². The van der Waals surface area contributed by atoms with Crippen molar-refractivity contribution in [3.8, 4) is 6.07 Å². The second-order valence-electron chi connectivity index (χ2n) is 4.82.